The van der Waals surface area contributed by atoms with Crippen LogP contribution in [0.4, 0.5) is 22.7 Å². The Labute approximate surface area is 176 Å². The van der Waals surface area contributed by atoms with Crippen molar-refractivity contribution in [2.45, 2.75) is 0 Å². The molecule has 0 spiro atoms. The highest BCUT2D eigenvalue weighted by Crippen LogP contribution is 2.30. The van der Waals surface area contributed by atoms with Gasteiger partial charge >= 0.3 is 0 Å². The van der Waals surface area contributed by atoms with Gasteiger partial charge in [0.05, 0.1) is 17.7 Å². The number of benzene rings is 2. The minimum atomic E-state index is -0.410. The molecule has 1 heterocycles. The number of aliphatic hydroxyl groups is 1. The summed E-state index contributed by atoms with van der Waals surface area (Å²) >= 11 is 0. The first-order valence-electron chi connectivity index (χ1n) is 9.91. The fraction of sp³-hybridized carbons (Fsp3) is 0.381. The fourth-order valence-corrected chi connectivity index (χ4v) is 3.38. The smallest absolute Gasteiger partial charge is 0.294 e. The Bertz CT molecular complexity index is 877. The minimum absolute atomic E-state index is 0.0160. The zero-order chi connectivity index (χ0) is 21.5. The Kier molecular flexibility index (Phi) is 7.21. The predicted molar refractivity (Wildman–Crippen MR) is 121 cm³/mol. The van der Waals surface area contributed by atoms with Crippen LogP contribution in [0.3, 0.4) is 0 Å². The topological polar surface area (TPSA) is 97.5 Å². The lowest BCUT2D eigenvalue weighted by Gasteiger charge is -2.35. The van der Waals surface area contributed by atoms with Gasteiger partial charge < -0.3 is 14.9 Å². The molecule has 3 rings (SSSR count). The van der Waals surface area contributed by atoms with Crippen LogP contribution in [0.1, 0.15) is 5.56 Å². The van der Waals surface area contributed by atoms with Gasteiger partial charge in [-0.3, -0.25) is 20.4 Å². The van der Waals surface area contributed by atoms with Gasteiger partial charge in [-0.15, -0.1) is 0 Å². The van der Waals surface area contributed by atoms with Crippen LogP contribution in [-0.2, 0) is 0 Å². The van der Waals surface area contributed by atoms with Gasteiger partial charge in [0, 0.05) is 64.3 Å². The van der Waals surface area contributed by atoms with Crippen molar-refractivity contribution in [1.29, 1.82) is 0 Å². The van der Waals surface area contributed by atoms with E-state index >= 15 is 0 Å². The van der Waals surface area contributed by atoms with Gasteiger partial charge in [0.25, 0.3) is 5.69 Å². The van der Waals surface area contributed by atoms with Gasteiger partial charge in [0.2, 0.25) is 0 Å². The first-order valence-corrected chi connectivity index (χ1v) is 9.91. The molecule has 2 N–H and O–H groups in total. The lowest BCUT2D eigenvalue weighted by molar-refractivity contribution is -0.383. The third-order valence-corrected chi connectivity index (χ3v) is 5.14. The van der Waals surface area contributed by atoms with E-state index in [2.05, 4.69) is 20.3 Å². The quantitative estimate of drug-likeness (QED) is 0.390. The second-order valence-electron chi connectivity index (χ2n) is 7.37. The molecule has 0 aliphatic carbocycles. The molecule has 1 saturated heterocycles. The van der Waals surface area contributed by atoms with Gasteiger partial charge in [-0.1, -0.05) is 12.1 Å². The van der Waals surface area contributed by atoms with Crippen LogP contribution in [0.15, 0.2) is 47.6 Å². The maximum absolute atomic E-state index is 11.4. The molecule has 9 nitrogen and oxygen atoms in total. The van der Waals surface area contributed by atoms with Crippen LogP contribution in [0, 0.1) is 10.1 Å². The van der Waals surface area contributed by atoms with Crippen LogP contribution >= 0.6 is 0 Å². The highest BCUT2D eigenvalue weighted by Gasteiger charge is 2.20. The highest BCUT2D eigenvalue weighted by atomic mass is 16.6. The molecule has 0 atom stereocenters. The number of aliphatic hydroxyl groups excluding tert-OH is 1. The third kappa shape index (κ3) is 5.46. The molecule has 0 radical (unpaired) electrons. The number of hydrogen-bond acceptors (Lipinski definition) is 8. The Morgan fingerprint density at radius 3 is 2.47 bits per heavy atom. The van der Waals surface area contributed by atoms with E-state index in [0.29, 0.717) is 12.2 Å². The van der Waals surface area contributed by atoms with E-state index < -0.39 is 4.92 Å². The van der Waals surface area contributed by atoms with E-state index in [4.69, 9.17) is 5.11 Å². The number of hydrogen-bond donors (Lipinski definition) is 2. The first kappa shape index (κ1) is 21.5. The number of piperazine rings is 1. The van der Waals surface area contributed by atoms with Crippen molar-refractivity contribution < 1.29 is 10.0 Å². The summed E-state index contributed by atoms with van der Waals surface area (Å²) in [5, 5.41) is 24.7. The van der Waals surface area contributed by atoms with Gasteiger partial charge in [0.15, 0.2) is 0 Å². The summed E-state index contributed by atoms with van der Waals surface area (Å²) in [5.74, 6) is 0. The standard InChI is InChI=1S/C21H28N6O3/c1-24(2)18-5-3-17(4-6-18)16-22-23-20-15-19(7-8-21(20)27(29)30)26-11-9-25(10-12-26)13-14-28/h3-8,15-16,23,28H,9-14H2,1-2H3/b22-16+. The third-order valence-electron chi connectivity index (χ3n) is 5.14. The molecule has 0 bridgehead atoms. The van der Waals surface area contributed by atoms with E-state index in [-0.39, 0.29) is 12.3 Å². The molecule has 1 aliphatic rings. The number of nitrogens with zero attached hydrogens (tertiary/aromatic N) is 5. The second kappa shape index (κ2) is 10.0. The summed E-state index contributed by atoms with van der Waals surface area (Å²) in [6, 6.07) is 12.9. The van der Waals surface area contributed by atoms with E-state index in [1.54, 1.807) is 18.3 Å². The molecule has 0 unspecified atom stereocenters. The number of nitrogens with one attached hydrogen (secondary N) is 1. The summed E-state index contributed by atoms with van der Waals surface area (Å²) in [7, 11) is 3.95. The number of nitro benzene ring substituents is 1. The number of anilines is 3. The molecule has 30 heavy (non-hydrogen) atoms. The summed E-state index contributed by atoms with van der Waals surface area (Å²) in [6.45, 7) is 4.13. The maximum atomic E-state index is 11.4. The van der Waals surface area contributed by atoms with Crippen LogP contribution in [-0.4, -0.2) is 74.6 Å². The average Bonchev–Trinajstić information content (AvgIpc) is 2.74. The Morgan fingerprint density at radius 1 is 1.17 bits per heavy atom. The molecule has 1 aliphatic heterocycles. The molecular formula is C21H28N6O3. The second-order valence-corrected chi connectivity index (χ2v) is 7.37. The maximum Gasteiger partial charge on any atom is 0.294 e. The zero-order valence-corrected chi connectivity index (χ0v) is 17.4. The summed E-state index contributed by atoms with van der Waals surface area (Å²) in [4.78, 5) is 17.4. The molecule has 0 aromatic heterocycles. The molecular weight excluding hydrogens is 384 g/mol. The van der Waals surface area contributed by atoms with Crippen molar-refractivity contribution in [2.24, 2.45) is 5.10 Å². The zero-order valence-electron chi connectivity index (χ0n) is 17.4. The van der Waals surface area contributed by atoms with Crippen LogP contribution in [0.25, 0.3) is 0 Å². The van der Waals surface area contributed by atoms with Gasteiger partial charge in [-0.2, -0.15) is 5.10 Å². The molecule has 0 amide bonds. The average molecular weight is 412 g/mol. The highest BCUT2D eigenvalue weighted by molar-refractivity contribution is 5.81. The van der Waals surface area contributed by atoms with Crippen molar-refractivity contribution in [1.82, 2.24) is 4.90 Å². The van der Waals surface area contributed by atoms with Gasteiger partial charge in [-0.05, 0) is 29.8 Å². The first-order chi connectivity index (χ1) is 14.5. The molecule has 1 fully saturated rings. The predicted octanol–water partition coefficient (Wildman–Crippen LogP) is 2.22. The Hall–Kier alpha value is -3.17. The van der Waals surface area contributed by atoms with Gasteiger partial charge in [-0.25, -0.2) is 0 Å². The molecule has 2 aromatic carbocycles. The van der Waals surface area contributed by atoms with Crippen LogP contribution in [0.5, 0.6) is 0 Å². The van der Waals surface area contributed by atoms with Gasteiger partial charge in [0.1, 0.15) is 5.69 Å². The van der Waals surface area contributed by atoms with Crippen LogP contribution in [0.2, 0.25) is 0 Å². The van der Waals surface area contributed by atoms with E-state index in [1.165, 1.54) is 6.07 Å². The van der Waals surface area contributed by atoms with Crippen molar-refractivity contribution in [3.8, 4) is 0 Å². The molecule has 2 aromatic rings. The van der Waals surface area contributed by atoms with E-state index in [0.717, 1.165) is 43.1 Å². The lowest BCUT2D eigenvalue weighted by Crippen LogP contribution is -2.47. The normalized spacial score (nSPS) is 14.8. The van der Waals surface area contributed by atoms with Crippen molar-refractivity contribution >= 4 is 29.0 Å². The largest absolute Gasteiger partial charge is 0.395 e. The number of β-amino-alcohol motifs (C(OH)–C–C–N with tert-alkyl or cyclic N) is 1. The van der Waals surface area contributed by atoms with Crippen molar-refractivity contribution in [3.63, 3.8) is 0 Å². The van der Waals surface area contributed by atoms with E-state index in [9.17, 15) is 10.1 Å². The van der Waals surface area contributed by atoms with Crippen LogP contribution < -0.4 is 15.2 Å². The Morgan fingerprint density at radius 2 is 1.87 bits per heavy atom. The number of rotatable bonds is 8. The summed E-state index contributed by atoms with van der Waals surface area (Å²) < 4.78 is 0. The minimum Gasteiger partial charge on any atom is -0.395 e. The molecule has 0 saturated carbocycles. The van der Waals surface area contributed by atoms with E-state index in [1.807, 2.05) is 43.3 Å². The molecule has 160 valence electrons. The monoisotopic (exact) mass is 412 g/mol. The Balaban J connectivity index is 1.71. The molecule has 9 heteroatoms. The fourth-order valence-electron chi connectivity index (χ4n) is 3.38. The lowest BCUT2D eigenvalue weighted by atomic mass is 10.2. The number of nitro groups is 1. The summed E-state index contributed by atoms with van der Waals surface area (Å²) in [5.41, 5.74) is 6.07. The number of hydrazone groups is 1. The van der Waals surface area contributed by atoms with Crippen molar-refractivity contribution in [2.75, 3.05) is 68.7 Å². The SMILES string of the molecule is CN(C)c1ccc(/C=N/Nc2cc(N3CCN(CCO)CC3)ccc2[N+](=O)[O-])cc1. The summed E-state index contributed by atoms with van der Waals surface area (Å²) in [6.07, 6.45) is 1.64. The van der Waals surface area contributed by atoms with Crippen molar-refractivity contribution in [3.05, 3.63) is 58.1 Å².